The fourth-order valence-corrected chi connectivity index (χ4v) is 5.21. The van der Waals surface area contributed by atoms with Crippen molar-refractivity contribution in [2.24, 2.45) is 5.92 Å². The molecule has 182 valence electrons. The average Bonchev–Trinajstić information content (AvgIpc) is 3.25. The number of hydrogen-bond donors (Lipinski definition) is 1. The Kier molecular flexibility index (Phi) is 6.24. The van der Waals surface area contributed by atoms with Gasteiger partial charge in [-0.2, -0.15) is 5.10 Å². The van der Waals surface area contributed by atoms with Crippen LogP contribution in [0.3, 0.4) is 0 Å². The maximum absolute atomic E-state index is 14.2. The molecule has 0 unspecified atom stereocenters. The number of rotatable bonds is 8. The van der Waals surface area contributed by atoms with Crippen LogP contribution in [0, 0.1) is 5.92 Å². The molecule has 0 saturated carbocycles. The maximum Gasteiger partial charge on any atom is 0.257 e. The van der Waals surface area contributed by atoms with E-state index < -0.39 is 12.0 Å². The summed E-state index contributed by atoms with van der Waals surface area (Å²) in [7, 11) is 0. The summed E-state index contributed by atoms with van der Waals surface area (Å²) in [6.45, 7) is 5.12. The summed E-state index contributed by atoms with van der Waals surface area (Å²) < 4.78 is 46.7. The summed E-state index contributed by atoms with van der Waals surface area (Å²) in [5, 5.41) is 8.20. The Morgan fingerprint density at radius 2 is 2.00 bits per heavy atom. The Balaban J connectivity index is 1.38. The van der Waals surface area contributed by atoms with E-state index >= 15 is 0 Å². The van der Waals surface area contributed by atoms with Gasteiger partial charge in [-0.3, -0.25) is 24.3 Å². The highest BCUT2D eigenvalue weighted by molar-refractivity contribution is 5.83. The number of alkyl halides is 3. The number of nitrogens with one attached hydrogen (secondary N) is 1. The zero-order chi connectivity index (χ0) is 23.9. The standard InChI is InChI=1S/C25H30F3N5O/c1-16-9-20-19(4-6-22-21(20)12-30-31-22)24(33(16)15-25(2,27)28)23-5-3-18(11-29-23)34-8-7-32-13-17(10-26)14-32/h3-6,11-12,16-17,24H,7-10,13-15H2,1-2H3,(H,30,31)/t16-,24+/m1/s1. The summed E-state index contributed by atoms with van der Waals surface area (Å²) in [6.07, 6.45) is 4.13. The third kappa shape index (κ3) is 4.63. The first-order chi connectivity index (χ1) is 16.3. The quantitative estimate of drug-likeness (QED) is 0.531. The Hall–Kier alpha value is -2.65. The molecule has 4 heterocycles. The molecule has 3 aromatic rings. The third-order valence-electron chi connectivity index (χ3n) is 6.89. The predicted molar refractivity (Wildman–Crippen MR) is 124 cm³/mol. The fourth-order valence-electron chi connectivity index (χ4n) is 5.21. The van der Waals surface area contributed by atoms with Gasteiger partial charge >= 0.3 is 0 Å². The highest BCUT2D eigenvalue weighted by Crippen LogP contribution is 2.41. The van der Waals surface area contributed by atoms with E-state index in [0.717, 1.165) is 48.6 Å². The van der Waals surface area contributed by atoms with Crippen molar-refractivity contribution in [3.8, 4) is 5.75 Å². The first-order valence-electron chi connectivity index (χ1n) is 11.8. The molecule has 1 aromatic carbocycles. The fraction of sp³-hybridized carbons (Fsp3) is 0.520. The molecule has 34 heavy (non-hydrogen) atoms. The number of hydrogen-bond acceptors (Lipinski definition) is 5. The van der Waals surface area contributed by atoms with Crippen molar-refractivity contribution in [3.63, 3.8) is 0 Å². The van der Waals surface area contributed by atoms with E-state index in [1.807, 2.05) is 36.1 Å². The first-order valence-corrected chi connectivity index (χ1v) is 11.8. The van der Waals surface area contributed by atoms with Crippen LogP contribution in [0.5, 0.6) is 5.75 Å². The molecule has 2 atom stereocenters. The Labute approximate surface area is 197 Å². The normalized spacial score (nSPS) is 22.0. The van der Waals surface area contributed by atoms with Crippen LogP contribution in [0.2, 0.25) is 0 Å². The van der Waals surface area contributed by atoms with Crippen molar-refractivity contribution < 1.29 is 17.9 Å². The second-order valence-electron chi connectivity index (χ2n) is 9.71. The molecule has 6 nitrogen and oxygen atoms in total. The van der Waals surface area contributed by atoms with Gasteiger partial charge in [-0.05, 0) is 42.7 Å². The second kappa shape index (κ2) is 9.19. The molecule has 1 fully saturated rings. The van der Waals surface area contributed by atoms with Crippen molar-refractivity contribution in [1.29, 1.82) is 0 Å². The van der Waals surface area contributed by atoms with Crippen LogP contribution >= 0.6 is 0 Å². The average molecular weight is 474 g/mol. The minimum absolute atomic E-state index is 0.0915. The predicted octanol–water partition coefficient (Wildman–Crippen LogP) is 4.23. The van der Waals surface area contributed by atoms with E-state index in [4.69, 9.17) is 4.74 Å². The zero-order valence-electron chi connectivity index (χ0n) is 19.5. The number of ether oxygens (including phenoxy) is 1. The minimum atomic E-state index is -2.83. The van der Waals surface area contributed by atoms with Crippen LogP contribution < -0.4 is 4.74 Å². The van der Waals surface area contributed by atoms with Gasteiger partial charge in [0.15, 0.2) is 0 Å². The van der Waals surface area contributed by atoms with Crippen LogP contribution in [0.15, 0.2) is 36.7 Å². The molecule has 1 saturated heterocycles. The van der Waals surface area contributed by atoms with Gasteiger partial charge < -0.3 is 4.74 Å². The SMILES string of the molecule is C[C@@H]1Cc2c(ccc3[nH]ncc23)[C@@H](c2ccc(OCCN3CC(CF)C3)cn2)N1CC(C)(F)F. The Bertz CT molecular complexity index is 1120. The molecule has 2 aromatic heterocycles. The van der Waals surface area contributed by atoms with Gasteiger partial charge in [0.2, 0.25) is 0 Å². The number of likely N-dealkylation sites (tertiary alicyclic amines) is 1. The minimum Gasteiger partial charge on any atom is -0.491 e. The van der Waals surface area contributed by atoms with Crippen molar-refractivity contribution in [1.82, 2.24) is 25.0 Å². The lowest BCUT2D eigenvalue weighted by molar-refractivity contribution is -0.0366. The number of nitrogens with zero attached hydrogens (tertiary/aromatic N) is 4. The second-order valence-corrected chi connectivity index (χ2v) is 9.71. The van der Waals surface area contributed by atoms with E-state index in [9.17, 15) is 13.2 Å². The number of fused-ring (bicyclic) bond motifs is 3. The van der Waals surface area contributed by atoms with Gasteiger partial charge in [-0.1, -0.05) is 6.07 Å². The van der Waals surface area contributed by atoms with E-state index in [-0.39, 0.29) is 25.2 Å². The van der Waals surface area contributed by atoms with Gasteiger partial charge in [0.1, 0.15) is 12.4 Å². The lowest BCUT2D eigenvalue weighted by Crippen LogP contribution is -2.49. The topological polar surface area (TPSA) is 57.3 Å². The van der Waals surface area contributed by atoms with Gasteiger partial charge in [0.25, 0.3) is 5.92 Å². The van der Waals surface area contributed by atoms with Crippen LogP contribution in [-0.2, 0) is 6.42 Å². The summed E-state index contributed by atoms with van der Waals surface area (Å²) in [5.41, 5.74) is 3.76. The van der Waals surface area contributed by atoms with E-state index in [1.165, 1.54) is 0 Å². The Morgan fingerprint density at radius 3 is 2.71 bits per heavy atom. The van der Waals surface area contributed by atoms with Crippen molar-refractivity contribution in [2.75, 3.05) is 39.5 Å². The molecule has 1 N–H and O–H groups in total. The van der Waals surface area contributed by atoms with E-state index in [2.05, 4.69) is 20.1 Å². The molecule has 2 aliphatic heterocycles. The number of aromatic amines is 1. The molecule has 0 aliphatic carbocycles. The lowest BCUT2D eigenvalue weighted by atomic mass is 9.85. The van der Waals surface area contributed by atoms with E-state index in [0.29, 0.717) is 24.5 Å². The van der Waals surface area contributed by atoms with Gasteiger partial charge in [0, 0.05) is 43.9 Å². The highest BCUT2D eigenvalue weighted by atomic mass is 19.3. The van der Waals surface area contributed by atoms with Crippen molar-refractivity contribution in [2.45, 2.75) is 38.3 Å². The lowest BCUT2D eigenvalue weighted by Gasteiger charge is -2.42. The summed E-state index contributed by atoms with van der Waals surface area (Å²) in [6, 6.07) is 7.18. The molecule has 2 aliphatic rings. The van der Waals surface area contributed by atoms with Crippen LogP contribution in [-0.4, -0.2) is 76.4 Å². The summed E-state index contributed by atoms with van der Waals surface area (Å²) in [5.74, 6) is -2.04. The van der Waals surface area contributed by atoms with Crippen LogP contribution in [0.25, 0.3) is 10.9 Å². The molecule has 9 heteroatoms. The van der Waals surface area contributed by atoms with Crippen molar-refractivity contribution >= 4 is 10.9 Å². The van der Waals surface area contributed by atoms with Gasteiger partial charge in [-0.15, -0.1) is 0 Å². The molecule has 0 bridgehead atoms. The molecule has 0 amide bonds. The molecule has 5 rings (SSSR count). The van der Waals surface area contributed by atoms with Gasteiger partial charge in [-0.25, -0.2) is 8.78 Å². The largest absolute Gasteiger partial charge is 0.491 e. The first kappa shape index (κ1) is 23.1. The highest BCUT2D eigenvalue weighted by Gasteiger charge is 2.39. The number of H-pyrrole nitrogens is 1. The third-order valence-corrected chi connectivity index (χ3v) is 6.89. The number of pyridine rings is 1. The monoisotopic (exact) mass is 473 g/mol. The number of benzene rings is 1. The summed E-state index contributed by atoms with van der Waals surface area (Å²) in [4.78, 5) is 8.65. The summed E-state index contributed by atoms with van der Waals surface area (Å²) >= 11 is 0. The zero-order valence-corrected chi connectivity index (χ0v) is 19.5. The number of halogens is 3. The molecular formula is C25H30F3N5O. The van der Waals surface area contributed by atoms with E-state index in [1.54, 1.807) is 12.4 Å². The van der Waals surface area contributed by atoms with Gasteiger partial charge in [0.05, 0.1) is 42.9 Å². The van der Waals surface area contributed by atoms with Crippen LogP contribution in [0.4, 0.5) is 13.2 Å². The smallest absolute Gasteiger partial charge is 0.257 e. The Morgan fingerprint density at radius 1 is 1.18 bits per heavy atom. The number of aromatic nitrogens is 3. The maximum atomic E-state index is 14.2. The molecular weight excluding hydrogens is 443 g/mol. The molecule has 0 radical (unpaired) electrons. The molecule has 0 spiro atoms. The van der Waals surface area contributed by atoms with Crippen LogP contribution in [0.1, 0.15) is 36.7 Å². The van der Waals surface area contributed by atoms with Crippen molar-refractivity contribution in [3.05, 3.63) is 53.5 Å².